The predicted molar refractivity (Wildman–Crippen MR) is 101 cm³/mol. The van der Waals surface area contributed by atoms with E-state index in [2.05, 4.69) is 4.98 Å². The maximum absolute atomic E-state index is 14.5. The lowest BCUT2D eigenvalue weighted by Gasteiger charge is -2.30. The first-order valence-corrected chi connectivity index (χ1v) is 9.10. The number of hydrogen-bond acceptors (Lipinski definition) is 2. The van der Waals surface area contributed by atoms with Gasteiger partial charge in [-0.2, -0.15) is 0 Å². The summed E-state index contributed by atoms with van der Waals surface area (Å²) < 4.78 is 16.2. The number of rotatable bonds is 2. The van der Waals surface area contributed by atoms with Crippen LogP contribution in [0.5, 0.6) is 0 Å². The Morgan fingerprint density at radius 3 is 2.88 bits per heavy atom. The van der Waals surface area contributed by atoms with Crippen LogP contribution in [0, 0.1) is 12.7 Å². The maximum Gasteiger partial charge on any atom is 0.233 e. The van der Waals surface area contributed by atoms with Crippen LogP contribution in [0.15, 0.2) is 30.6 Å². The minimum absolute atomic E-state index is 0.0718. The Bertz CT molecular complexity index is 1030. The molecular formula is C19H16Cl2FN3O. The van der Waals surface area contributed by atoms with Crippen molar-refractivity contribution in [3.63, 3.8) is 0 Å². The van der Waals surface area contributed by atoms with Gasteiger partial charge in [0.05, 0.1) is 27.8 Å². The van der Waals surface area contributed by atoms with Gasteiger partial charge in [-0.15, -0.1) is 0 Å². The molecule has 4 nitrogen and oxygen atoms in total. The number of amides is 1. The van der Waals surface area contributed by atoms with Gasteiger partial charge in [-0.05, 0) is 43.0 Å². The Morgan fingerprint density at radius 1 is 1.27 bits per heavy atom. The van der Waals surface area contributed by atoms with Crippen LogP contribution < -0.4 is 4.90 Å². The fourth-order valence-corrected chi connectivity index (χ4v) is 4.03. The highest BCUT2D eigenvalue weighted by Crippen LogP contribution is 2.32. The van der Waals surface area contributed by atoms with Gasteiger partial charge in [0.25, 0.3) is 0 Å². The summed E-state index contributed by atoms with van der Waals surface area (Å²) in [5, 5.41) is 0.904. The van der Waals surface area contributed by atoms with Crippen LogP contribution in [0.2, 0.25) is 10.0 Å². The molecular weight excluding hydrogens is 376 g/mol. The molecule has 0 saturated heterocycles. The van der Waals surface area contributed by atoms with E-state index in [4.69, 9.17) is 23.2 Å². The zero-order valence-electron chi connectivity index (χ0n) is 14.1. The highest BCUT2D eigenvalue weighted by molar-refractivity contribution is 6.36. The van der Waals surface area contributed by atoms with Crippen molar-refractivity contribution >= 4 is 40.4 Å². The van der Waals surface area contributed by atoms with E-state index in [-0.39, 0.29) is 18.1 Å². The van der Waals surface area contributed by atoms with Crippen molar-refractivity contribution in [2.24, 2.45) is 0 Å². The maximum atomic E-state index is 14.5. The standard InChI is InChI=1S/C19H16Cl2FN3O/c1-11-5-12-3-2-4-25(18(12)16(22)6-11)17(26)8-14-10-24-9-13(20)7-15(21)19(24)23-14/h5-7,9-10H,2-4,8H2,1H3. The number of aryl methyl sites for hydroxylation is 2. The molecule has 1 aromatic carbocycles. The number of fused-ring (bicyclic) bond motifs is 2. The summed E-state index contributed by atoms with van der Waals surface area (Å²) in [6.07, 6.45) is 5.07. The molecule has 1 aliphatic rings. The first kappa shape index (κ1) is 17.3. The predicted octanol–water partition coefficient (Wildman–Crippen LogP) is 4.61. The van der Waals surface area contributed by atoms with Crippen LogP contribution in [0.1, 0.15) is 23.2 Å². The zero-order valence-corrected chi connectivity index (χ0v) is 15.6. The molecule has 1 amide bonds. The average Bonchev–Trinajstić information content (AvgIpc) is 2.96. The van der Waals surface area contributed by atoms with Gasteiger partial charge in [0.15, 0.2) is 5.65 Å². The van der Waals surface area contributed by atoms with E-state index in [1.807, 2.05) is 13.0 Å². The molecule has 3 aromatic rings. The summed E-state index contributed by atoms with van der Waals surface area (Å²) in [6, 6.07) is 5.03. The van der Waals surface area contributed by atoms with E-state index in [0.717, 1.165) is 24.0 Å². The van der Waals surface area contributed by atoms with Gasteiger partial charge in [-0.1, -0.05) is 29.3 Å². The van der Waals surface area contributed by atoms with Crippen LogP contribution in [-0.4, -0.2) is 21.8 Å². The van der Waals surface area contributed by atoms with E-state index in [1.54, 1.807) is 22.9 Å². The van der Waals surface area contributed by atoms with Crippen molar-refractivity contribution < 1.29 is 9.18 Å². The number of hydrogen-bond donors (Lipinski definition) is 0. The average molecular weight is 392 g/mol. The summed E-state index contributed by atoms with van der Waals surface area (Å²) in [7, 11) is 0. The molecule has 3 heterocycles. The summed E-state index contributed by atoms with van der Waals surface area (Å²) in [6.45, 7) is 2.36. The Morgan fingerprint density at radius 2 is 2.08 bits per heavy atom. The quantitative estimate of drug-likeness (QED) is 0.639. The highest BCUT2D eigenvalue weighted by Gasteiger charge is 2.26. The molecule has 26 heavy (non-hydrogen) atoms. The Balaban J connectivity index is 1.65. The molecule has 0 unspecified atom stereocenters. The van der Waals surface area contributed by atoms with Crippen LogP contribution in [0.3, 0.4) is 0 Å². The van der Waals surface area contributed by atoms with Crippen LogP contribution in [0.4, 0.5) is 10.1 Å². The SMILES string of the molecule is Cc1cc(F)c2c(c1)CCCN2C(=O)Cc1cn2cc(Cl)cc(Cl)c2n1. The molecule has 2 aromatic heterocycles. The number of nitrogens with zero attached hydrogens (tertiary/aromatic N) is 3. The molecule has 7 heteroatoms. The second kappa shape index (κ2) is 6.56. The van der Waals surface area contributed by atoms with Gasteiger partial charge >= 0.3 is 0 Å². The lowest BCUT2D eigenvalue weighted by atomic mass is 9.98. The smallest absolute Gasteiger partial charge is 0.233 e. The number of carbonyl (C=O) groups is 1. The van der Waals surface area contributed by atoms with Gasteiger partial charge in [0.1, 0.15) is 5.82 Å². The molecule has 1 aliphatic heterocycles. The molecule has 0 N–H and O–H groups in total. The van der Waals surface area contributed by atoms with Crippen molar-refractivity contribution in [3.05, 3.63) is 63.3 Å². The van der Waals surface area contributed by atoms with Crippen molar-refractivity contribution in [1.82, 2.24) is 9.38 Å². The minimum atomic E-state index is -0.349. The number of imidazole rings is 1. The molecule has 0 saturated carbocycles. The lowest BCUT2D eigenvalue weighted by Crippen LogP contribution is -2.37. The fraction of sp³-hybridized carbons (Fsp3) is 0.263. The summed E-state index contributed by atoms with van der Waals surface area (Å²) in [5.41, 5.74) is 3.25. The number of pyridine rings is 1. The summed E-state index contributed by atoms with van der Waals surface area (Å²) in [5.74, 6) is -0.530. The third kappa shape index (κ3) is 3.06. The molecule has 0 aliphatic carbocycles. The number of benzene rings is 1. The van der Waals surface area contributed by atoms with Crippen LogP contribution in [-0.2, 0) is 17.6 Å². The van der Waals surface area contributed by atoms with Crippen molar-refractivity contribution in [3.8, 4) is 0 Å². The van der Waals surface area contributed by atoms with Gasteiger partial charge in [0.2, 0.25) is 5.91 Å². The van der Waals surface area contributed by atoms with Gasteiger partial charge < -0.3 is 9.30 Å². The van der Waals surface area contributed by atoms with Crippen LogP contribution >= 0.6 is 23.2 Å². The summed E-state index contributed by atoms with van der Waals surface area (Å²) >= 11 is 12.1. The van der Waals surface area contributed by atoms with E-state index < -0.39 is 0 Å². The molecule has 0 fully saturated rings. The third-order valence-corrected chi connectivity index (χ3v) is 5.03. The van der Waals surface area contributed by atoms with E-state index in [0.29, 0.717) is 33.6 Å². The van der Waals surface area contributed by atoms with Gasteiger partial charge in [-0.25, -0.2) is 9.37 Å². The Hall–Kier alpha value is -2.11. The minimum Gasteiger partial charge on any atom is -0.309 e. The van der Waals surface area contributed by atoms with E-state index >= 15 is 0 Å². The van der Waals surface area contributed by atoms with Crippen LogP contribution in [0.25, 0.3) is 5.65 Å². The van der Waals surface area contributed by atoms with Gasteiger partial charge in [0, 0.05) is 18.9 Å². The third-order valence-electron chi connectivity index (χ3n) is 4.54. The number of anilines is 1. The van der Waals surface area contributed by atoms with Crippen molar-refractivity contribution in [2.45, 2.75) is 26.2 Å². The second-order valence-corrected chi connectivity index (χ2v) is 7.39. The lowest BCUT2D eigenvalue weighted by molar-refractivity contribution is -0.118. The van der Waals surface area contributed by atoms with Crippen molar-refractivity contribution in [1.29, 1.82) is 0 Å². The fourth-order valence-electron chi connectivity index (χ4n) is 3.50. The monoisotopic (exact) mass is 391 g/mol. The Kier molecular flexibility index (Phi) is 4.37. The summed E-state index contributed by atoms with van der Waals surface area (Å²) in [4.78, 5) is 18.8. The van der Waals surface area contributed by atoms with E-state index in [9.17, 15) is 9.18 Å². The zero-order chi connectivity index (χ0) is 18.4. The van der Waals surface area contributed by atoms with Gasteiger partial charge in [-0.3, -0.25) is 4.79 Å². The molecule has 4 rings (SSSR count). The number of aromatic nitrogens is 2. The topological polar surface area (TPSA) is 37.6 Å². The van der Waals surface area contributed by atoms with E-state index in [1.165, 1.54) is 11.0 Å². The highest BCUT2D eigenvalue weighted by atomic mass is 35.5. The molecule has 0 radical (unpaired) electrons. The number of carbonyl (C=O) groups excluding carboxylic acids is 1. The normalized spacial score (nSPS) is 13.9. The molecule has 0 atom stereocenters. The second-order valence-electron chi connectivity index (χ2n) is 6.55. The number of halogens is 3. The Labute approximate surface area is 160 Å². The first-order valence-electron chi connectivity index (χ1n) is 8.34. The molecule has 0 bridgehead atoms. The molecule has 0 spiro atoms. The largest absolute Gasteiger partial charge is 0.309 e. The molecule has 134 valence electrons. The first-order chi connectivity index (χ1) is 12.4. The van der Waals surface area contributed by atoms with Crippen molar-refractivity contribution in [2.75, 3.05) is 11.4 Å².